The lowest BCUT2D eigenvalue weighted by molar-refractivity contribution is 0.136. The third-order valence-electron chi connectivity index (χ3n) is 3.95. The van der Waals surface area contributed by atoms with E-state index in [4.69, 9.17) is 5.11 Å². The lowest BCUT2D eigenvalue weighted by Gasteiger charge is -2.35. The number of thiophene rings is 1. The summed E-state index contributed by atoms with van der Waals surface area (Å²) in [6.07, 6.45) is 0.676. The number of carboxylic acid groups (broad SMARTS) is 1. The number of hydrogen-bond acceptors (Lipinski definition) is 3. The first-order valence-electron chi connectivity index (χ1n) is 6.73. The first kappa shape index (κ1) is 15.1. The molecule has 0 fully saturated rings. The SMILES string of the molecule is CC(N(C)Cc1cc2c(ccn2C(=O)O)s1)C(C)(C)C. The van der Waals surface area contributed by atoms with Crippen molar-refractivity contribution < 1.29 is 9.90 Å². The van der Waals surface area contributed by atoms with Crippen molar-refractivity contribution >= 4 is 27.6 Å². The molecule has 0 aliphatic rings. The molecule has 2 aromatic rings. The van der Waals surface area contributed by atoms with Crippen molar-refractivity contribution in [2.45, 2.75) is 40.3 Å². The summed E-state index contributed by atoms with van der Waals surface area (Å²) in [6.45, 7) is 9.77. The van der Waals surface area contributed by atoms with Gasteiger partial charge in [0, 0.05) is 23.7 Å². The second-order valence-electron chi connectivity index (χ2n) is 6.39. The fraction of sp³-hybridized carbons (Fsp3) is 0.533. The van der Waals surface area contributed by atoms with Gasteiger partial charge in [0.2, 0.25) is 0 Å². The number of nitrogens with zero attached hydrogens (tertiary/aromatic N) is 2. The monoisotopic (exact) mass is 294 g/mol. The summed E-state index contributed by atoms with van der Waals surface area (Å²) < 4.78 is 2.31. The molecule has 0 aliphatic carbocycles. The molecule has 4 nitrogen and oxygen atoms in total. The van der Waals surface area contributed by atoms with Gasteiger partial charge in [0.25, 0.3) is 0 Å². The molecule has 5 heteroatoms. The number of hydrogen-bond donors (Lipinski definition) is 1. The zero-order valence-corrected chi connectivity index (χ0v) is 13.5. The second kappa shape index (κ2) is 5.22. The van der Waals surface area contributed by atoms with E-state index < -0.39 is 6.09 Å². The molecule has 1 unspecified atom stereocenters. The van der Waals surface area contributed by atoms with Crippen LogP contribution in [-0.4, -0.2) is 33.8 Å². The van der Waals surface area contributed by atoms with Gasteiger partial charge in [0.15, 0.2) is 0 Å². The second-order valence-corrected chi connectivity index (χ2v) is 7.56. The fourth-order valence-corrected chi connectivity index (χ4v) is 3.38. The van der Waals surface area contributed by atoms with Crippen LogP contribution in [0, 0.1) is 5.41 Å². The minimum atomic E-state index is -0.930. The zero-order valence-electron chi connectivity index (χ0n) is 12.7. The quantitative estimate of drug-likeness (QED) is 0.927. The van der Waals surface area contributed by atoms with Gasteiger partial charge in [-0.15, -0.1) is 11.3 Å². The summed E-state index contributed by atoms with van der Waals surface area (Å²) in [5.41, 5.74) is 1.01. The first-order chi connectivity index (χ1) is 9.20. The Morgan fingerprint density at radius 3 is 2.70 bits per heavy atom. The van der Waals surface area contributed by atoms with Gasteiger partial charge < -0.3 is 5.11 Å². The van der Waals surface area contributed by atoms with Crippen LogP contribution < -0.4 is 0 Å². The molecule has 0 radical (unpaired) electrons. The Morgan fingerprint density at radius 1 is 1.50 bits per heavy atom. The van der Waals surface area contributed by atoms with E-state index in [0.717, 1.165) is 16.8 Å². The Balaban J connectivity index is 2.20. The van der Waals surface area contributed by atoms with E-state index in [9.17, 15) is 4.79 Å². The van der Waals surface area contributed by atoms with E-state index in [0.29, 0.717) is 6.04 Å². The standard InChI is InChI=1S/C15H22N2O2S/c1-10(15(2,3)4)16(5)9-11-8-12-13(20-11)6-7-17(12)14(18)19/h6-8,10H,9H2,1-5H3,(H,18,19). The van der Waals surface area contributed by atoms with E-state index in [1.165, 1.54) is 9.44 Å². The molecule has 0 aromatic carbocycles. The van der Waals surface area contributed by atoms with Crippen molar-refractivity contribution in [1.82, 2.24) is 9.47 Å². The van der Waals surface area contributed by atoms with Gasteiger partial charge in [-0.1, -0.05) is 20.8 Å². The molecule has 1 N–H and O–H groups in total. The van der Waals surface area contributed by atoms with Crippen LogP contribution in [0.1, 0.15) is 32.6 Å². The van der Waals surface area contributed by atoms with Gasteiger partial charge in [-0.2, -0.15) is 0 Å². The van der Waals surface area contributed by atoms with Crippen LogP contribution in [0.25, 0.3) is 10.2 Å². The maximum absolute atomic E-state index is 11.1. The van der Waals surface area contributed by atoms with Crippen LogP contribution in [0.5, 0.6) is 0 Å². The Kier molecular flexibility index (Phi) is 3.93. The molecule has 2 rings (SSSR count). The summed E-state index contributed by atoms with van der Waals surface area (Å²) in [7, 11) is 2.12. The maximum Gasteiger partial charge on any atom is 0.416 e. The van der Waals surface area contributed by atoms with Crippen LogP contribution in [0.3, 0.4) is 0 Å². The van der Waals surface area contributed by atoms with E-state index in [2.05, 4.69) is 39.6 Å². The molecule has 2 heterocycles. The zero-order chi connectivity index (χ0) is 15.1. The maximum atomic E-state index is 11.1. The number of fused-ring (bicyclic) bond motifs is 1. The predicted molar refractivity (Wildman–Crippen MR) is 83.6 cm³/mol. The molecule has 0 saturated carbocycles. The molecule has 0 aliphatic heterocycles. The molecule has 2 aromatic heterocycles. The lowest BCUT2D eigenvalue weighted by atomic mass is 9.87. The highest BCUT2D eigenvalue weighted by molar-refractivity contribution is 7.19. The highest BCUT2D eigenvalue weighted by Gasteiger charge is 2.24. The Bertz CT molecular complexity index is 621. The molecular formula is C15H22N2O2S. The molecule has 20 heavy (non-hydrogen) atoms. The van der Waals surface area contributed by atoms with Crippen LogP contribution >= 0.6 is 11.3 Å². The first-order valence-corrected chi connectivity index (χ1v) is 7.55. The molecule has 110 valence electrons. The van der Waals surface area contributed by atoms with Crippen LogP contribution in [0.2, 0.25) is 0 Å². The van der Waals surface area contributed by atoms with Gasteiger partial charge in [-0.3, -0.25) is 9.47 Å². The number of rotatable bonds is 3. The van der Waals surface area contributed by atoms with Gasteiger partial charge in [0.1, 0.15) is 0 Å². The summed E-state index contributed by atoms with van der Waals surface area (Å²) in [6, 6.07) is 4.30. The molecule has 0 saturated heterocycles. The third kappa shape index (κ3) is 2.88. The van der Waals surface area contributed by atoms with Crippen LogP contribution in [0.4, 0.5) is 4.79 Å². The lowest BCUT2D eigenvalue weighted by Crippen LogP contribution is -2.38. The summed E-state index contributed by atoms with van der Waals surface area (Å²) in [4.78, 5) is 14.6. The van der Waals surface area contributed by atoms with Crippen LogP contribution in [-0.2, 0) is 6.54 Å². The number of aromatic nitrogens is 1. The van der Waals surface area contributed by atoms with Gasteiger partial charge in [-0.25, -0.2) is 4.79 Å². The van der Waals surface area contributed by atoms with Crippen molar-refractivity contribution in [3.8, 4) is 0 Å². The van der Waals surface area contributed by atoms with Gasteiger partial charge in [0.05, 0.1) is 10.2 Å². The van der Waals surface area contributed by atoms with Crippen molar-refractivity contribution in [3.63, 3.8) is 0 Å². The molecule has 0 amide bonds. The smallest absolute Gasteiger partial charge is 0.416 e. The van der Waals surface area contributed by atoms with Crippen molar-refractivity contribution in [2.75, 3.05) is 7.05 Å². The van der Waals surface area contributed by atoms with Crippen molar-refractivity contribution in [2.24, 2.45) is 5.41 Å². The topological polar surface area (TPSA) is 45.5 Å². The highest BCUT2D eigenvalue weighted by atomic mass is 32.1. The third-order valence-corrected chi connectivity index (χ3v) is 5.03. The fourth-order valence-electron chi connectivity index (χ4n) is 2.27. The largest absolute Gasteiger partial charge is 0.464 e. The summed E-state index contributed by atoms with van der Waals surface area (Å²) in [5, 5.41) is 9.11. The molecule has 0 bridgehead atoms. The minimum Gasteiger partial charge on any atom is -0.464 e. The van der Waals surface area contributed by atoms with E-state index in [1.807, 2.05) is 12.1 Å². The van der Waals surface area contributed by atoms with Crippen LogP contribution in [0.15, 0.2) is 18.3 Å². The Labute approximate surface area is 123 Å². The van der Waals surface area contributed by atoms with Crippen molar-refractivity contribution in [1.29, 1.82) is 0 Å². The van der Waals surface area contributed by atoms with Gasteiger partial charge >= 0.3 is 6.09 Å². The molecule has 1 atom stereocenters. The van der Waals surface area contributed by atoms with Gasteiger partial charge in [-0.05, 0) is 31.5 Å². The van der Waals surface area contributed by atoms with E-state index >= 15 is 0 Å². The average molecular weight is 294 g/mol. The van der Waals surface area contributed by atoms with Crippen molar-refractivity contribution in [3.05, 3.63) is 23.2 Å². The normalized spacial score (nSPS) is 14.1. The number of carbonyl (C=O) groups is 1. The highest BCUT2D eigenvalue weighted by Crippen LogP contribution is 2.30. The average Bonchev–Trinajstić information content (AvgIpc) is 2.85. The Hall–Kier alpha value is -1.33. The summed E-state index contributed by atoms with van der Waals surface area (Å²) >= 11 is 1.67. The van der Waals surface area contributed by atoms with E-state index in [-0.39, 0.29) is 5.41 Å². The minimum absolute atomic E-state index is 0.224. The predicted octanol–water partition coefficient (Wildman–Crippen LogP) is 4.10. The molecule has 0 spiro atoms. The summed E-state index contributed by atoms with van der Waals surface area (Å²) in [5.74, 6) is 0. The van der Waals surface area contributed by atoms with E-state index in [1.54, 1.807) is 17.5 Å². The Morgan fingerprint density at radius 2 is 2.15 bits per heavy atom. The molecular weight excluding hydrogens is 272 g/mol.